The van der Waals surface area contributed by atoms with E-state index in [0.717, 1.165) is 5.56 Å². The highest BCUT2D eigenvalue weighted by Crippen LogP contribution is 2.21. The molecule has 0 bridgehead atoms. The van der Waals surface area contributed by atoms with Crippen molar-refractivity contribution >= 4 is 46.4 Å². The van der Waals surface area contributed by atoms with Gasteiger partial charge in [0, 0.05) is 5.02 Å². The summed E-state index contributed by atoms with van der Waals surface area (Å²) in [5.41, 5.74) is 4.35. The van der Waals surface area contributed by atoms with E-state index in [4.69, 9.17) is 11.6 Å². The van der Waals surface area contributed by atoms with Gasteiger partial charge in [0.2, 0.25) is 0 Å². The average Bonchev–Trinajstić information content (AvgIpc) is 2.78. The third-order valence-electron chi connectivity index (χ3n) is 4.34. The summed E-state index contributed by atoms with van der Waals surface area (Å²) in [4.78, 5) is 30.0. The highest BCUT2D eigenvalue weighted by molar-refractivity contribution is 7.99. The number of fused-ring (bicyclic) bond motifs is 1. The van der Waals surface area contributed by atoms with Gasteiger partial charge in [-0.25, -0.2) is 10.4 Å². The van der Waals surface area contributed by atoms with Gasteiger partial charge in [-0.05, 0) is 42.0 Å². The fraction of sp³-hybridized carbons (Fsp3) is 0.0435. The Labute approximate surface area is 187 Å². The van der Waals surface area contributed by atoms with Crippen LogP contribution in [-0.4, -0.2) is 27.4 Å². The molecular weight excluding hydrogens is 432 g/mol. The van der Waals surface area contributed by atoms with Crippen LogP contribution in [0.3, 0.4) is 0 Å². The number of thioether (sulfide) groups is 1. The normalized spacial score (nSPS) is 11.1. The van der Waals surface area contributed by atoms with Crippen LogP contribution in [0.1, 0.15) is 5.56 Å². The molecule has 31 heavy (non-hydrogen) atoms. The van der Waals surface area contributed by atoms with Crippen LogP contribution >= 0.6 is 23.4 Å². The molecule has 0 aliphatic carbocycles. The molecule has 4 aromatic rings. The number of carbonyl (C=O) groups is 1. The van der Waals surface area contributed by atoms with Crippen molar-refractivity contribution in [3.05, 3.63) is 99.8 Å². The van der Waals surface area contributed by atoms with Gasteiger partial charge < -0.3 is 0 Å². The number of aromatic nitrogens is 2. The van der Waals surface area contributed by atoms with E-state index < -0.39 is 0 Å². The number of nitrogens with zero attached hydrogens (tertiary/aromatic N) is 3. The fourth-order valence-electron chi connectivity index (χ4n) is 2.94. The van der Waals surface area contributed by atoms with Gasteiger partial charge in [-0.1, -0.05) is 65.8 Å². The molecule has 8 heteroatoms. The topological polar surface area (TPSA) is 76.3 Å². The maximum atomic E-state index is 13.1. The van der Waals surface area contributed by atoms with E-state index in [9.17, 15) is 9.59 Å². The highest BCUT2D eigenvalue weighted by atomic mass is 35.5. The van der Waals surface area contributed by atoms with Crippen LogP contribution in [0.2, 0.25) is 5.02 Å². The van der Waals surface area contributed by atoms with Gasteiger partial charge in [0.25, 0.3) is 11.5 Å². The maximum Gasteiger partial charge on any atom is 0.266 e. The Bertz CT molecular complexity index is 1320. The summed E-state index contributed by atoms with van der Waals surface area (Å²) in [5.74, 6) is -0.268. The van der Waals surface area contributed by atoms with Crippen molar-refractivity contribution in [2.24, 2.45) is 5.10 Å². The Hall–Kier alpha value is -3.42. The molecule has 0 saturated heterocycles. The maximum absolute atomic E-state index is 13.1. The van der Waals surface area contributed by atoms with Crippen LogP contribution in [0, 0.1) is 0 Å². The van der Waals surface area contributed by atoms with Gasteiger partial charge in [-0.2, -0.15) is 5.10 Å². The number of hydrazone groups is 1. The predicted molar refractivity (Wildman–Crippen MR) is 125 cm³/mol. The second kappa shape index (κ2) is 9.59. The van der Waals surface area contributed by atoms with E-state index in [-0.39, 0.29) is 17.2 Å². The summed E-state index contributed by atoms with van der Waals surface area (Å²) in [5, 5.41) is 5.50. The first-order valence-electron chi connectivity index (χ1n) is 9.39. The summed E-state index contributed by atoms with van der Waals surface area (Å²) in [6, 6.07) is 23.5. The number of rotatable bonds is 6. The lowest BCUT2D eigenvalue weighted by atomic mass is 10.2. The van der Waals surface area contributed by atoms with Crippen LogP contribution < -0.4 is 11.0 Å². The van der Waals surface area contributed by atoms with Crippen molar-refractivity contribution < 1.29 is 4.79 Å². The first kappa shape index (κ1) is 20.8. The molecule has 0 aliphatic heterocycles. The minimum Gasteiger partial charge on any atom is -0.272 e. The van der Waals surface area contributed by atoms with E-state index in [0.29, 0.717) is 26.8 Å². The van der Waals surface area contributed by atoms with Crippen molar-refractivity contribution in [2.75, 3.05) is 5.75 Å². The number of nitrogens with one attached hydrogen (secondary N) is 1. The Morgan fingerprint density at radius 1 is 1.06 bits per heavy atom. The second-order valence-electron chi connectivity index (χ2n) is 6.52. The summed E-state index contributed by atoms with van der Waals surface area (Å²) in [6.07, 6.45) is 1.52. The van der Waals surface area contributed by atoms with Crippen molar-refractivity contribution in [2.45, 2.75) is 5.16 Å². The molecule has 0 atom stereocenters. The Balaban J connectivity index is 1.55. The van der Waals surface area contributed by atoms with Crippen LogP contribution in [0.25, 0.3) is 16.6 Å². The molecule has 1 N–H and O–H groups in total. The Morgan fingerprint density at radius 2 is 1.84 bits per heavy atom. The molecule has 1 amide bonds. The van der Waals surface area contributed by atoms with Crippen LogP contribution in [0.4, 0.5) is 0 Å². The molecule has 6 nitrogen and oxygen atoms in total. The molecule has 0 saturated carbocycles. The third-order valence-corrected chi connectivity index (χ3v) is 5.52. The number of hydrogen-bond acceptors (Lipinski definition) is 5. The molecule has 3 aromatic carbocycles. The zero-order chi connectivity index (χ0) is 21.6. The lowest BCUT2D eigenvalue weighted by molar-refractivity contribution is -0.118. The molecule has 1 heterocycles. The van der Waals surface area contributed by atoms with E-state index >= 15 is 0 Å². The van der Waals surface area contributed by atoms with Crippen molar-refractivity contribution in [1.82, 2.24) is 15.0 Å². The first-order chi connectivity index (χ1) is 15.1. The van der Waals surface area contributed by atoms with Gasteiger partial charge in [-0.3, -0.25) is 14.2 Å². The monoisotopic (exact) mass is 448 g/mol. The molecule has 0 radical (unpaired) electrons. The smallest absolute Gasteiger partial charge is 0.266 e. The zero-order valence-corrected chi connectivity index (χ0v) is 17.8. The van der Waals surface area contributed by atoms with Gasteiger partial charge in [0.05, 0.1) is 28.6 Å². The number of hydrogen-bond donors (Lipinski definition) is 1. The van der Waals surface area contributed by atoms with Crippen molar-refractivity contribution in [1.29, 1.82) is 0 Å². The average molecular weight is 449 g/mol. The predicted octanol–water partition coefficient (Wildman–Crippen LogP) is 4.28. The van der Waals surface area contributed by atoms with Crippen LogP contribution in [0.5, 0.6) is 0 Å². The van der Waals surface area contributed by atoms with E-state index in [2.05, 4.69) is 15.5 Å². The molecule has 0 spiro atoms. The SMILES string of the molecule is O=C(CSc1nc2ccccc2c(=O)n1-c1ccccc1)NN=Cc1cccc(Cl)c1. The number of para-hydroxylation sites is 2. The molecule has 1 aromatic heterocycles. The number of carbonyl (C=O) groups excluding carboxylic acids is 1. The fourth-order valence-corrected chi connectivity index (χ4v) is 3.95. The zero-order valence-electron chi connectivity index (χ0n) is 16.2. The minimum absolute atomic E-state index is 0.0461. The summed E-state index contributed by atoms with van der Waals surface area (Å²) >= 11 is 7.11. The number of benzene rings is 3. The summed E-state index contributed by atoms with van der Waals surface area (Å²) in [6.45, 7) is 0. The second-order valence-corrected chi connectivity index (χ2v) is 7.90. The molecular formula is C23H17ClN4O2S. The van der Waals surface area contributed by atoms with E-state index in [1.807, 2.05) is 42.5 Å². The lowest BCUT2D eigenvalue weighted by Crippen LogP contribution is -2.24. The quantitative estimate of drug-likeness (QED) is 0.207. The van der Waals surface area contributed by atoms with Gasteiger partial charge in [-0.15, -0.1) is 0 Å². The van der Waals surface area contributed by atoms with E-state index in [1.165, 1.54) is 22.5 Å². The lowest BCUT2D eigenvalue weighted by Gasteiger charge is -2.12. The standard InChI is InChI=1S/C23H17ClN4O2S/c24-17-8-6-7-16(13-17)14-25-27-21(29)15-31-23-26-20-12-5-4-11-19(20)22(30)28(23)18-9-2-1-3-10-18/h1-14H,15H2,(H,27,29). The Morgan fingerprint density at radius 3 is 2.65 bits per heavy atom. The van der Waals surface area contributed by atoms with Crippen molar-refractivity contribution in [3.8, 4) is 5.69 Å². The van der Waals surface area contributed by atoms with Crippen LogP contribution in [-0.2, 0) is 4.79 Å². The molecule has 0 aliphatic rings. The van der Waals surface area contributed by atoms with Crippen molar-refractivity contribution in [3.63, 3.8) is 0 Å². The van der Waals surface area contributed by atoms with Gasteiger partial charge in [0.1, 0.15) is 0 Å². The molecule has 0 fully saturated rings. The minimum atomic E-state index is -0.315. The van der Waals surface area contributed by atoms with Gasteiger partial charge >= 0.3 is 0 Å². The highest BCUT2D eigenvalue weighted by Gasteiger charge is 2.14. The molecule has 4 rings (SSSR count). The Kier molecular flexibility index (Phi) is 6.45. The van der Waals surface area contributed by atoms with Crippen LogP contribution in [0.15, 0.2) is 93.9 Å². The summed E-state index contributed by atoms with van der Waals surface area (Å²) < 4.78 is 1.52. The van der Waals surface area contributed by atoms with Gasteiger partial charge in [0.15, 0.2) is 5.16 Å². The molecule has 154 valence electrons. The number of amides is 1. The first-order valence-corrected chi connectivity index (χ1v) is 10.8. The largest absolute Gasteiger partial charge is 0.272 e. The molecule has 0 unspecified atom stereocenters. The number of halogens is 1. The third kappa shape index (κ3) is 5.02. The summed E-state index contributed by atoms with van der Waals surface area (Å²) in [7, 11) is 0. The van der Waals surface area contributed by atoms with E-state index in [1.54, 1.807) is 36.4 Å².